The number of ether oxygens (including phenoxy) is 1. The van der Waals surface area contributed by atoms with Gasteiger partial charge in [0.2, 0.25) is 0 Å². The first-order valence-electron chi connectivity index (χ1n) is 7.82. The van der Waals surface area contributed by atoms with E-state index in [9.17, 15) is 9.90 Å². The second-order valence-electron chi connectivity index (χ2n) is 5.19. The van der Waals surface area contributed by atoms with Crippen LogP contribution in [0.3, 0.4) is 0 Å². The lowest BCUT2D eigenvalue weighted by molar-refractivity contribution is -0.297. The zero-order valence-electron chi connectivity index (χ0n) is 13.0. The highest BCUT2D eigenvalue weighted by Gasteiger charge is 2.09. The van der Waals surface area contributed by atoms with Crippen molar-refractivity contribution < 1.29 is 14.6 Å². The number of carboxylic acids is 1. The third-order valence-corrected chi connectivity index (χ3v) is 3.45. The van der Waals surface area contributed by atoms with Crippen LogP contribution in [-0.4, -0.2) is 12.1 Å². The maximum Gasteiger partial charge on any atom is 0.126 e. The van der Waals surface area contributed by atoms with Crippen molar-refractivity contribution in [1.29, 1.82) is 0 Å². The van der Waals surface area contributed by atoms with Crippen molar-refractivity contribution in [2.45, 2.75) is 58.5 Å². The van der Waals surface area contributed by atoms with E-state index in [1.807, 2.05) is 24.3 Å². The molecule has 0 saturated heterocycles. The van der Waals surface area contributed by atoms with Crippen LogP contribution in [0.1, 0.15) is 57.9 Å². The average molecular weight is 289 g/mol. The van der Waals surface area contributed by atoms with E-state index in [1.165, 1.54) is 31.8 Å². The highest BCUT2D eigenvalue weighted by Crippen LogP contribution is 2.23. The van der Waals surface area contributed by atoms with Crippen LogP contribution < -0.4 is 9.84 Å². The van der Waals surface area contributed by atoms with Gasteiger partial charge in [0.25, 0.3) is 0 Å². The van der Waals surface area contributed by atoms with Gasteiger partial charge in [-0.05, 0) is 37.5 Å². The molecular formula is C18H25O3-. The maximum atomic E-state index is 10.5. The van der Waals surface area contributed by atoms with Crippen LogP contribution in [0.2, 0.25) is 0 Å². The molecule has 21 heavy (non-hydrogen) atoms. The number of unbranched alkanes of at least 4 members (excludes halogenated alkanes) is 3. The maximum absolute atomic E-state index is 10.5. The lowest BCUT2D eigenvalue weighted by Crippen LogP contribution is -2.18. The fourth-order valence-corrected chi connectivity index (χ4v) is 2.21. The number of hydrogen-bond donors (Lipinski definition) is 0. The van der Waals surface area contributed by atoms with Crippen molar-refractivity contribution in [1.82, 2.24) is 0 Å². The normalized spacial score (nSPS) is 12.5. The summed E-state index contributed by atoms with van der Waals surface area (Å²) < 4.78 is 6.04. The molecule has 0 aliphatic rings. The quantitative estimate of drug-likeness (QED) is 0.488. The third-order valence-electron chi connectivity index (χ3n) is 3.45. The van der Waals surface area contributed by atoms with Crippen LogP contribution in [0.25, 0.3) is 6.08 Å². The SMILES string of the molecule is CCCCCCC(CC)Oc1ccccc1/C=C/C(=O)[O-]. The third kappa shape index (κ3) is 6.98. The zero-order valence-corrected chi connectivity index (χ0v) is 13.0. The minimum absolute atomic E-state index is 0.180. The van der Waals surface area contributed by atoms with Crippen LogP contribution in [0.15, 0.2) is 30.3 Å². The summed E-state index contributed by atoms with van der Waals surface area (Å²) in [6.07, 6.45) is 9.62. The van der Waals surface area contributed by atoms with Crippen molar-refractivity contribution in [2.24, 2.45) is 0 Å². The molecule has 0 spiro atoms. The summed E-state index contributed by atoms with van der Waals surface area (Å²) in [5, 5.41) is 10.5. The Balaban J connectivity index is 2.64. The van der Waals surface area contributed by atoms with E-state index in [4.69, 9.17) is 4.74 Å². The van der Waals surface area contributed by atoms with E-state index in [2.05, 4.69) is 13.8 Å². The van der Waals surface area contributed by atoms with Gasteiger partial charge >= 0.3 is 0 Å². The molecule has 0 saturated carbocycles. The fraction of sp³-hybridized carbons (Fsp3) is 0.500. The molecule has 1 aromatic carbocycles. The first-order valence-corrected chi connectivity index (χ1v) is 7.82. The summed E-state index contributed by atoms with van der Waals surface area (Å²) in [5.74, 6) is -0.464. The smallest absolute Gasteiger partial charge is 0.126 e. The molecule has 0 aliphatic carbocycles. The highest BCUT2D eigenvalue weighted by atomic mass is 16.5. The van der Waals surface area contributed by atoms with Crippen LogP contribution in [-0.2, 0) is 4.79 Å². The van der Waals surface area contributed by atoms with Gasteiger partial charge in [-0.2, -0.15) is 0 Å². The Hall–Kier alpha value is -1.77. The summed E-state index contributed by atoms with van der Waals surface area (Å²) in [4.78, 5) is 10.5. The van der Waals surface area contributed by atoms with E-state index < -0.39 is 5.97 Å². The number of carbonyl (C=O) groups excluding carboxylic acids is 1. The topological polar surface area (TPSA) is 49.4 Å². The standard InChI is InChI=1S/C18H26O3/c1-3-5-6-7-11-16(4-2)21-17-12-9-8-10-15(17)13-14-18(19)20/h8-10,12-14,16H,3-7,11H2,1-2H3,(H,19,20)/p-1/b14-13+. The van der Waals surface area contributed by atoms with Gasteiger partial charge in [-0.1, -0.05) is 51.3 Å². The second kappa shape index (κ2) is 10.0. The highest BCUT2D eigenvalue weighted by molar-refractivity contribution is 5.84. The summed E-state index contributed by atoms with van der Waals surface area (Å²) in [5.41, 5.74) is 0.772. The Morgan fingerprint density at radius 3 is 2.67 bits per heavy atom. The van der Waals surface area contributed by atoms with E-state index in [0.29, 0.717) is 0 Å². The monoisotopic (exact) mass is 289 g/mol. The van der Waals surface area contributed by atoms with E-state index in [1.54, 1.807) is 0 Å². The predicted molar refractivity (Wildman–Crippen MR) is 83.9 cm³/mol. The van der Waals surface area contributed by atoms with Gasteiger partial charge in [0.05, 0.1) is 12.1 Å². The van der Waals surface area contributed by atoms with Crippen LogP contribution in [0, 0.1) is 0 Å². The number of carboxylic acid groups (broad SMARTS) is 1. The molecule has 1 unspecified atom stereocenters. The van der Waals surface area contributed by atoms with E-state index in [-0.39, 0.29) is 6.10 Å². The van der Waals surface area contributed by atoms with Gasteiger partial charge in [0.1, 0.15) is 5.75 Å². The first-order chi connectivity index (χ1) is 10.2. The molecule has 0 aromatic heterocycles. The number of benzene rings is 1. The molecule has 1 atom stereocenters. The molecule has 0 heterocycles. The van der Waals surface area contributed by atoms with Crippen LogP contribution in [0.5, 0.6) is 5.75 Å². The molecule has 3 heteroatoms. The van der Waals surface area contributed by atoms with Crippen molar-refractivity contribution in [3.05, 3.63) is 35.9 Å². The Morgan fingerprint density at radius 1 is 1.24 bits per heavy atom. The molecule has 0 N–H and O–H groups in total. The number of hydrogen-bond acceptors (Lipinski definition) is 3. The molecule has 0 bridgehead atoms. The van der Waals surface area contributed by atoms with Crippen LogP contribution in [0.4, 0.5) is 0 Å². The molecular weight excluding hydrogens is 264 g/mol. The van der Waals surface area contributed by atoms with E-state index >= 15 is 0 Å². The molecule has 116 valence electrons. The lowest BCUT2D eigenvalue weighted by Gasteiger charge is -2.19. The average Bonchev–Trinajstić information content (AvgIpc) is 2.49. The zero-order chi connectivity index (χ0) is 15.5. The minimum Gasteiger partial charge on any atom is -0.545 e. The number of para-hydroxylation sites is 1. The predicted octanol–water partition coefficient (Wildman–Crippen LogP) is 3.58. The Morgan fingerprint density at radius 2 is 2.00 bits per heavy atom. The van der Waals surface area contributed by atoms with Crippen molar-refractivity contribution in [2.75, 3.05) is 0 Å². The van der Waals surface area contributed by atoms with Gasteiger partial charge in [-0.25, -0.2) is 0 Å². The van der Waals surface area contributed by atoms with Gasteiger partial charge in [0.15, 0.2) is 0 Å². The molecule has 0 aliphatic heterocycles. The summed E-state index contributed by atoms with van der Waals surface area (Å²) in [7, 11) is 0. The molecule has 3 nitrogen and oxygen atoms in total. The first kappa shape index (κ1) is 17.3. The summed E-state index contributed by atoms with van der Waals surface area (Å²) in [6.45, 7) is 4.32. The molecule has 0 radical (unpaired) electrons. The van der Waals surface area contributed by atoms with Gasteiger partial charge in [0, 0.05) is 5.56 Å². The van der Waals surface area contributed by atoms with Crippen molar-refractivity contribution in [3.8, 4) is 5.75 Å². The Kier molecular flexibility index (Phi) is 8.25. The second-order valence-corrected chi connectivity index (χ2v) is 5.19. The number of carbonyl (C=O) groups is 1. The van der Waals surface area contributed by atoms with Gasteiger partial charge in [-0.15, -0.1) is 0 Å². The largest absolute Gasteiger partial charge is 0.545 e. The van der Waals surface area contributed by atoms with Gasteiger partial charge < -0.3 is 14.6 Å². The van der Waals surface area contributed by atoms with Crippen LogP contribution >= 0.6 is 0 Å². The number of aliphatic carboxylic acids is 1. The van der Waals surface area contributed by atoms with Crippen molar-refractivity contribution in [3.63, 3.8) is 0 Å². The minimum atomic E-state index is -1.20. The van der Waals surface area contributed by atoms with E-state index in [0.717, 1.165) is 30.2 Å². The molecule has 0 amide bonds. The fourth-order valence-electron chi connectivity index (χ4n) is 2.21. The summed E-state index contributed by atoms with van der Waals surface area (Å²) >= 11 is 0. The van der Waals surface area contributed by atoms with Crippen molar-refractivity contribution >= 4 is 12.0 Å². The molecule has 1 rings (SSSR count). The molecule has 1 aromatic rings. The Labute approximate surface area is 127 Å². The number of rotatable bonds is 10. The van der Waals surface area contributed by atoms with Gasteiger partial charge in [-0.3, -0.25) is 0 Å². The lowest BCUT2D eigenvalue weighted by atomic mass is 10.1. The summed E-state index contributed by atoms with van der Waals surface area (Å²) in [6, 6.07) is 7.49. The Bertz CT molecular complexity index is 452. The molecule has 0 fully saturated rings.